The zero-order chi connectivity index (χ0) is 20.3. The van der Waals surface area contributed by atoms with E-state index >= 15 is 0 Å². The summed E-state index contributed by atoms with van der Waals surface area (Å²) in [6, 6.07) is 11.3. The van der Waals surface area contributed by atoms with Crippen LogP contribution in [0.3, 0.4) is 0 Å². The third kappa shape index (κ3) is 4.17. The quantitative estimate of drug-likeness (QED) is 0.763. The first-order valence-electron chi connectivity index (χ1n) is 8.65. The van der Waals surface area contributed by atoms with Crippen LogP contribution in [-0.4, -0.2) is 19.0 Å². The molecule has 1 aliphatic rings. The summed E-state index contributed by atoms with van der Waals surface area (Å²) in [5.74, 6) is -1.63. The van der Waals surface area contributed by atoms with Crippen molar-refractivity contribution in [3.63, 3.8) is 0 Å². The van der Waals surface area contributed by atoms with Gasteiger partial charge in [-0.25, -0.2) is 9.18 Å². The number of benzene rings is 2. The number of halogens is 2. The Morgan fingerprint density at radius 2 is 1.96 bits per heavy atom. The van der Waals surface area contributed by atoms with E-state index in [0.717, 1.165) is 5.56 Å². The van der Waals surface area contributed by atoms with E-state index in [-0.39, 0.29) is 35.1 Å². The molecule has 0 saturated carbocycles. The minimum absolute atomic E-state index is 0.0330. The van der Waals surface area contributed by atoms with Crippen molar-refractivity contribution < 1.29 is 23.5 Å². The molecule has 1 atom stereocenters. The first-order chi connectivity index (χ1) is 13.4. The number of esters is 1. The first kappa shape index (κ1) is 19.9. The predicted molar refractivity (Wildman–Crippen MR) is 102 cm³/mol. The molecule has 1 aliphatic heterocycles. The number of amides is 1. The van der Waals surface area contributed by atoms with Crippen molar-refractivity contribution in [3.8, 4) is 5.75 Å². The van der Waals surface area contributed by atoms with Crippen molar-refractivity contribution in [3.05, 3.63) is 75.7 Å². The van der Waals surface area contributed by atoms with Gasteiger partial charge >= 0.3 is 5.97 Å². The van der Waals surface area contributed by atoms with Crippen LogP contribution in [0.25, 0.3) is 0 Å². The molecular weight excluding hydrogens is 385 g/mol. The lowest BCUT2D eigenvalue weighted by Gasteiger charge is -2.27. The molecule has 146 valence electrons. The SMILES string of the molecule is COc1ccc(COC(=O)C2=C(C)NC(=O)CC2c2c(F)cccc2Cl)cc1. The molecule has 0 bridgehead atoms. The van der Waals surface area contributed by atoms with E-state index in [1.54, 1.807) is 38.3 Å². The van der Waals surface area contributed by atoms with E-state index < -0.39 is 17.7 Å². The summed E-state index contributed by atoms with van der Waals surface area (Å²) >= 11 is 6.17. The van der Waals surface area contributed by atoms with Gasteiger partial charge in [-0.15, -0.1) is 0 Å². The van der Waals surface area contributed by atoms with Crippen LogP contribution in [0.2, 0.25) is 5.02 Å². The summed E-state index contributed by atoms with van der Waals surface area (Å²) in [5, 5.41) is 2.78. The van der Waals surface area contributed by atoms with Gasteiger partial charge in [0, 0.05) is 28.6 Å². The van der Waals surface area contributed by atoms with Crippen LogP contribution in [0.1, 0.15) is 30.4 Å². The van der Waals surface area contributed by atoms with Gasteiger partial charge in [-0.05, 0) is 36.8 Å². The van der Waals surface area contributed by atoms with Crippen LogP contribution in [0.4, 0.5) is 4.39 Å². The molecule has 1 amide bonds. The standard InChI is InChI=1S/C21H19ClFNO4/c1-12-19(21(26)28-11-13-6-8-14(27-2)9-7-13)15(10-18(25)24-12)20-16(22)4-3-5-17(20)23/h3-9,15H,10-11H2,1-2H3,(H,24,25). The van der Waals surface area contributed by atoms with E-state index in [2.05, 4.69) is 5.32 Å². The molecule has 1 unspecified atom stereocenters. The number of methoxy groups -OCH3 is 1. The molecule has 0 saturated heterocycles. The summed E-state index contributed by atoms with van der Waals surface area (Å²) in [5.41, 5.74) is 1.42. The van der Waals surface area contributed by atoms with Crippen LogP contribution < -0.4 is 10.1 Å². The monoisotopic (exact) mass is 403 g/mol. The van der Waals surface area contributed by atoms with Crippen molar-refractivity contribution >= 4 is 23.5 Å². The summed E-state index contributed by atoms with van der Waals surface area (Å²) in [4.78, 5) is 24.8. The fourth-order valence-corrected chi connectivity index (χ4v) is 3.50. The Morgan fingerprint density at radius 3 is 2.61 bits per heavy atom. The zero-order valence-corrected chi connectivity index (χ0v) is 16.2. The molecule has 7 heteroatoms. The topological polar surface area (TPSA) is 64.6 Å². The van der Waals surface area contributed by atoms with Gasteiger partial charge in [0.25, 0.3) is 0 Å². The number of nitrogens with one attached hydrogen (secondary N) is 1. The number of rotatable bonds is 5. The second-order valence-corrected chi connectivity index (χ2v) is 6.81. The molecule has 0 aromatic heterocycles. The number of hydrogen-bond acceptors (Lipinski definition) is 4. The number of ether oxygens (including phenoxy) is 2. The Kier molecular flexibility index (Phi) is 5.99. The van der Waals surface area contributed by atoms with Crippen LogP contribution in [0.5, 0.6) is 5.75 Å². The number of carbonyl (C=O) groups is 2. The van der Waals surface area contributed by atoms with Crippen molar-refractivity contribution in [1.82, 2.24) is 5.32 Å². The van der Waals surface area contributed by atoms with E-state index in [0.29, 0.717) is 11.4 Å². The molecule has 0 spiro atoms. The minimum Gasteiger partial charge on any atom is -0.497 e. The van der Waals surface area contributed by atoms with Gasteiger partial charge in [0.1, 0.15) is 18.2 Å². The molecular formula is C21H19ClFNO4. The summed E-state index contributed by atoms with van der Waals surface area (Å²) in [6.07, 6.45) is -0.0923. The summed E-state index contributed by atoms with van der Waals surface area (Å²) in [6.45, 7) is 1.62. The van der Waals surface area contributed by atoms with Gasteiger partial charge in [0.2, 0.25) is 5.91 Å². The van der Waals surface area contributed by atoms with Crippen LogP contribution in [0.15, 0.2) is 53.7 Å². The number of hydrogen-bond donors (Lipinski definition) is 1. The molecule has 3 rings (SSSR count). The molecule has 2 aromatic rings. The first-order valence-corrected chi connectivity index (χ1v) is 9.03. The summed E-state index contributed by atoms with van der Waals surface area (Å²) < 4.78 is 25.0. The second kappa shape index (κ2) is 8.44. The van der Waals surface area contributed by atoms with Gasteiger partial charge in [-0.2, -0.15) is 0 Å². The molecule has 1 N–H and O–H groups in total. The van der Waals surface area contributed by atoms with Crippen LogP contribution >= 0.6 is 11.6 Å². The van der Waals surface area contributed by atoms with Gasteiger partial charge in [-0.3, -0.25) is 4.79 Å². The highest BCUT2D eigenvalue weighted by atomic mass is 35.5. The predicted octanol–water partition coefficient (Wildman–Crippen LogP) is 4.11. The fourth-order valence-electron chi connectivity index (χ4n) is 3.21. The van der Waals surface area contributed by atoms with Crippen LogP contribution in [0, 0.1) is 5.82 Å². The maximum atomic E-state index is 14.4. The second-order valence-electron chi connectivity index (χ2n) is 6.40. The van der Waals surface area contributed by atoms with Crippen molar-refractivity contribution in [2.24, 2.45) is 0 Å². The van der Waals surface area contributed by atoms with Gasteiger partial charge in [0.05, 0.1) is 12.7 Å². The maximum Gasteiger partial charge on any atom is 0.336 e. The lowest BCUT2D eigenvalue weighted by molar-refractivity contribution is -0.141. The van der Waals surface area contributed by atoms with Gasteiger partial charge < -0.3 is 14.8 Å². The average molecular weight is 404 g/mol. The number of carbonyl (C=O) groups excluding carboxylic acids is 2. The molecule has 2 aromatic carbocycles. The Morgan fingerprint density at radius 1 is 1.25 bits per heavy atom. The van der Waals surface area contributed by atoms with E-state index in [9.17, 15) is 14.0 Å². The normalized spacial score (nSPS) is 16.6. The minimum atomic E-state index is -0.814. The highest BCUT2D eigenvalue weighted by molar-refractivity contribution is 6.31. The Hall–Kier alpha value is -2.86. The molecule has 0 aliphatic carbocycles. The largest absolute Gasteiger partial charge is 0.497 e. The van der Waals surface area contributed by atoms with E-state index in [4.69, 9.17) is 21.1 Å². The van der Waals surface area contributed by atoms with Crippen molar-refractivity contribution in [1.29, 1.82) is 0 Å². The summed E-state index contributed by atoms with van der Waals surface area (Å²) in [7, 11) is 1.57. The zero-order valence-electron chi connectivity index (χ0n) is 15.4. The Bertz CT molecular complexity index is 920. The van der Waals surface area contributed by atoms with Crippen molar-refractivity contribution in [2.45, 2.75) is 25.9 Å². The van der Waals surface area contributed by atoms with E-state index in [1.807, 2.05) is 0 Å². The third-order valence-electron chi connectivity index (χ3n) is 4.57. The fraction of sp³-hybridized carbons (Fsp3) is 0.238. The van der Waals surface area contributed by atoms with Crippen LogP contribution in [-0.2, 0) is 20.9 Å². The maximum absolute atomic E-state index is 14.4. The molecule has 1 heterocycles. The van der Waals surface area contributed by atoms with Crippen molar-refractivity contribution in [2.75, 3.05) is 7.11 Å². The molecule has 0 radical (unpaired) electrons. The number of allylic oxidation sites excluding steroid dienone is 1. The smallest absolute Gasteiger partial charge is 0.336 e. The highest BCUT2D eigenvalue weighted by Crippen LogP contribution is 2.38. The highest BCUT2D eigenvalue weighted by Gasteiger charge is 2.35. The average Bonchev–Trinajstić information content (AvgIpc) is 2.66. The molecule has 5 nitrogen and oxygen atoms in total. The lowest BCUT2D eigenvalue weighted by atomic mass is 9.84. The molecule has 0 fully saturated rings. The molecule has 28 heavy (non-hydrogen) atoms. The Balaban J connectivity index is 1.86. The van der Waals surface area contributed by atoms with E-state index in [1.165, 1.54) is 18.2 Å². The Labute approximate surface area is 167 Å². The lowest BCUT2D eigenvalue weighted by Crippen LogP contribution is -2.34. The van der Waals surface area contributed by atoms with Gasteiger partial charge in [0.15, 0.2) is 0 Å². The third-order valence-corrected chi connectivity index (χ3v) is 4.90. The van der Waals surface area contributed by atoms with Gasteiger partial charge in [-0.1, -0.05) is 29.8 Å².